The van der Waals surface area contributed by atoms with E-state index >= 15 is 0 Å². The molecule has 0 fully saturated rings. The van der Waals surface area contributed by atoms with Gasteiger partial charge in [-0.1, -0.05) is 35.9 Å². The van der Waals surface area contributed by atoms with Crippen molar-refractivity contribution in [3.8, 4) is 11.1 Å². The van der Waals surface area contributed by atoms with Crippen molar-refractivity contribution in [1.82, 2.24) is 10.2 Å². The average Bonchev–Trinajstić information content (AvgIpc) is 2.75. The van der Waals surface area contributed by atoms with Gasteiger partial charge in [-0.15, -0.1) is 0 Å². The average molecular weight is 456 g/mol. The molecule has 0 spiro atoms. The van der Waals surface area contributed by atoms with Gasteiger partial charge >= 0.3 is 12.0 Å². The summed E-state index contributed by atoms with van der Waals surface area (Å²) < 4.78 is 0. The number of urea groups is 1. The lowest BCUT2D eigenvalue weighted by Crippen LogP contribution is -2.58. The summed E-state index contributed by atoms with van der Waals surface area (Å²) >= 11 is 6.10. The van der Waals surface area contributed by atoms with Crippen LogP contribution in [0.1, 0.15) is 13.3 Å². The van der Waals surface area contributed by atoms with Crippen molar-refractivity contribution < 1.29 is 24.3 Å². The van der Waals surface area contributed by atoms with Gasteiger partial charge in [-0.3, -0.25) is 19.3 Å². The summed E-state index contributed by atoms with van der Waals surface area (Å²) in [7, 11) is 1.51. The maximum Gasteiger partial charge on any atom is 0.323 e. The highest BCUT2D eigenvalue weighted by Gasteiger charge is 2.41. The first-order chi connectivity index (χ1) is 15.2. The Morgan fingerprint density at radius 2 is 1.78 bits per heavy atom. The maximum atomic E-state index is 13.1. The lowest BCUT2D eigenvalue weighted by molar-refractivity contribution is -0.137. The number of nitrogens with one attached hydrogen (secondary N) is 1. The van der Waals surface area contributed by atoms with Gasteiger partial charge < -0.3 is 15.3 Å². The molecule has 0 bridgehead atoms. The SMILES string of the molecule is CC1=CN(C)C(=O)[C@@H](N(C(=O)NCCC(=O)O)c2cccc(-c3cccc(Cl)c3)c2)C1=O. The fraction of sp³-hybridized carbons (Fsp3) is 0.217. The predicted molar refractivity (Wildman–Crippen MR) is 120 cm³/mol. The van der Waals surface area contributed by atoms with Gasteiger partial charge in [0, 0.05) is 36.1 Å². The first-order valence-corrected chi connectivity index (χ1v) is 10.2. The van der Waals surface area contributed by atoms with Crippen LogP contribution in [0.2, 0.25) is 5.02 Å². The number of amides is 3. The molecular formula is C23H22ClN3O5. The molecule has 1 atom stereocenters. The van der Waals surface area contributed by atoms with Gasteiger partial charge in [0.1, 0.15) is 0 Å². The summed E-state index contributed by atoms with van der Waals surface area (Å²) in [5, 5.41) is 11.9. The van der Waals surface area contributed by atoms with Crippen LogP contribution in [0, 0.1) is 0 Å². The lowest BCUT2D eigenvalue weighted by Gasteiger charge is -2.34. The van der Waals surface area contributed by atoms with Crippen molar-refractivity contribution in [2.24, 2.45) is 0 Å². The number of anilines is 1. The number of aliphatic carboxylic acids is 1. The minimum atomic E-state index is -1.41. The van der Waals surface area contributed by atoms with Gasteiger partial charge in [0.05, 0.1) is 6.42 Å². The summed E-state index contributed by atoms with van der Waals surface area (Å²) in [6, 6.07) is 11.8. The number of nitrogens with zero attached hydrogens (tertiary/aromatic N) is 2. The number of benzene rings is 2. The number of carbonyl (C=O) groups excluding carboxylic acids is 3. The van der Waals surface area contributed by atoms with Gasteiger partial charge in [-0.25, -0.2) is 4.79 Å². The quantitative estimate of drug-likeness (QED) is 0.650. The summed E-state index contributed by atoms with van der Waals surface area (Å²) in [4.78, 5) is 52.1. The molecule has 1 aliphatic heterocycles. The van der Waals surface area contributed by atoms with E-state index < -0.39 is 29.7 Å². The molecule has 0 saturated carbocycles. The molecule has 0 aliphatic carbocycles. The highest BCUT2D eigenvalue weighted by Crippen LogP contribution is 2.29. The second-order valence-electron chi connectivity index (χ2n) is 7.33. The third-order valence-electron chi connectivity index (χ3n) is 4.98. The molecule has 0 aromatic heterocycles. The number of hydrogen-bond acceptors (Lipinski definition) is 4. The van der Waals surface area contributed by atoms with Crippen molar-refractivity contribution in [3.05, 3.63) is 65.3 Å². The van der Waals surface area contributed by atoms with Crippen LogP contribution in [0.5, 0.6) is 0 Å². The molecule has 9 heteroatoms. The van der Waals surface area contributed by atoms with E-state index in [1.54, 1.807) is 43.3 Å². The minimum absolute atomic E-state index is 0.154. The molecule has 0 saturated heterocycles. The van der Waals surface area contributed by atoms with E-state index in [9.17, 15) is 19.2 Å². The molecule has 2 aromatic rings. The van der Waals surface area contributed by atoms with E-state index in [4.69, 9.17) is 16.7 Å². The van der Waals surface area contributed by atoms with Crippen LogP contribution >= 0.6 is 11.6 Å². The second kappa shape index (κ2) is 9.65. The van der Waals surface area contributed by atoms with Gasteiger partial charge in [0.2, 0.25) is 0 Å². The van der Waals surface area contributed by atoms with Crippen molar-refractivity contribution >= 4 is 41.0 Å². The Morgan fingerprint density at radius 1 is 1.12 bits per heavy atom. The molecule has 8 nitrogen and oxygen atoms in total. The van der Waals surface area contributed by atoms with Crippen LogP contribution in [0.15, 0.2) is 60.3 Å². The molecule has 2 N–H and O–H groups in total. The number of halogens is 1. The van der Waals surface area contributed by atoms with E-state index in [1.165, 1.54) is 18.1 Å². The maximum absolute atomic E-state index is 13.1. The Kier molecular flexibility index (Phi) is 6.95. The van der Waals surface area contributed by atoms with Crippen LogP contribution in [0.25, 0.3) is 11.1 Å². The Morgan fingerprint density at radius 3 is 2.44 bits per heavy atom. The molecule has 166 valence electrons. The molecule has 3 rings (SSSR count). The Bertz CT molecular complexity index is 1110. The third-order valence-corrected chi connectivity index (χ3v) is 5.22. The largest absolute Gasteiger partial charge is 0.481 e. The van der Waals surface area contributed by atoms with Crippen LogP contribution in [0.4, 0.5) is 10.5 Å². The molecule has 0 unspecified atom stereocenters. The molecule has 2 aromatic carbocycles. The zero-order valence-corrected chi connectivity index (χ0v) is 18.3. The normalized spacial score (nSPS) is 15.9. The number of carboxylic acid groups (broad SMARTS) is 1. The highest BCUT2D eigenvalue weighted by atomic mass is 35.5. The molecule has 0 radical (unpaired) electrons. The molecule has 1 aliphatic rings. The van der Waals surface area contributed by atoms with Gasteiger partial charge in [0.15, 0.2) is 11.8 Å². The lowest BCUT2D eigenvalue weighted by atomic mass is 9.98. The zero-order valence-electron chi connectivity index (χ0n) is 17.5. The summed E-state index contributed by atoms with van der Waals surface area (Å²) in [6.07, 6.45) is 1.12. The first kappa shape index (κ1) is 23.0. The van der Waals surface area contributed by atoms with Crippen LogP contribution in [0.3, 0.4) is 0 Å². The standard InChI is InChI=1S/C23H22ClN3O5/c1-14-13-26(2)22(31)20(21(14)30)27(23(32)25-10-9-19(28)29)18-8-4-6-16(12-18)15-5-3-7-17(24)11-15/h3-8,11-13,20H,9-10H2,1-2H3,(H,25,32)(H,28,29)/t20-/m0/s1. The highest BCUT2D eigenvalue weighted by molar-refractivity contribution is 6.30. The number of carboxylic acids is 1. The van der Waals surface area contributed by atoms with Crippen LogP contribution in [-0.4, -0.2) is 53.3 Å². The number of likely N-dealkylation sites (N-methyl/N-ethyl adjacent to an activating group) is 1. The zero-order chi connectivity index (χ0) is 23.4. The summed E-state index contributed by atoms with van der Waals surface area (Å²) in [6.45, 7) is 1.42. The predicted octanol–water partition coefficient (Wildman–Crippen LogP) is 3.31. The number of carbonyl (C=O) groups is 4. The van der Waals surface area contributed by atoms with E-state index in [0.717, 1.165) is 16.0 Å². The fourth-order valence-electron chi connectivity index (χ4n) is 3.41. The van der Waals surface area contributed by atoms with Crippen molar-refractivity contribution in [2.45, 2.75) is 19.4 Å². The van der Waals surface area contributed by atoms with E-state index in [2.05, 4.69) is 5.32 Å². The van der Waals surface area contributed by atoms with Crippen molar-refractivity contribution in [2.75, 3.05) is 18.5 Å². The summed E-state index contributed by atoms with van der Waals surface area (Å²) in [5.74, 6) is -2.15. The Balaban J connectivity index is 2.05. The van der Waals surface area contributed by atoms with Gasteiger partial charge in [-0.2, -0.15) is 0 Å². The number of ketones is 1. The van der Waals surface area contributed by atoms with E-state index in [1.807, 2.05) is 12.1 Å². The van der Waals surface area contributed by atoms with Crippen molar-refractivity contribution in [1.29, 1.82) is 0 Å². The first-order valence-electron chi connectivity index (χ1n) is 9.83. The van der Waals surface area contributed by atoms with E-state index in [0.29, 0.717) is 16.3 Å². The monoisotopic (exact) mass is 455 g/mol. The molecular weight excluding hydrogens is 434 g/mol. The number of Topliss-reactive ketones (excluding diaryl/α,β-unsaturated/α-hetero) is 1. The number of hydrogen-bond donors (Lipinski definition) is 2. The van der Waals surface area contributed by atoms with Gasteiger partial charge in [-0.05, 0) is 42.3 Å². The van der Waals surface area contributed by atoms with Gasteiger partial charge in [0.25, 0.3) is 5.91 Å². The van der Waals surface area contributed by atoms with E-state index in [-0.39, 0.29) is 13.0 Å². The Labute approximate surface area is 190 Å². The fourth-order valence-corrected chi connectivity index (χ4v) is 3.60. The smallest absolute Gasteiger partial charge is 0.323 e. The molecule has 3 amide bonds. The van der Waals surface area contributed by atoms with Crippen molar-refractivity contribution in [3.63, 3.8) is 0 Å². The molecule has 1 heterocycles. The molecule has 32 heavy (non-hydrogen) atoms. The summed E-state index contributed by atoms with van der Waals surface area (Å²) in [5.41, 5.74) is 2.15. The second-order valence-corrected chi connectivity index (χ2v) is 7.77. The topological polar surface area (TPSA) is 107 Å². The minimum Gasteiger partial charge on any atom is -0.481 e. The number of rotatable bonds is 6. The van der Waals surface area contributed by atoms with Crippen LogP contribution in [-0.2, 0) is 14.4 Å². The van der Waals surface area contributed by atoms with Crippen LogP contribution < -0.4 is 10.2 Å². The Hall–Kier alpha value is -3.65. The third kappa shape index (κ3) is 4.97.